The van der Waals surface area contributed by atoms with Crippen LogP contribution in [0.1, 0.15) is 37.8 Å². The summed E-state index contributed by atoms with van der Waals surface area (Å²) >= 11 is 0. The molecule has 0 aromatic heterocycles. The molecule has 140 valence electrons. The predicted octanol–water partition coefficient (Wildman–Crippen LogP) is 3.59. The van der Waals surface area contributed by atoms with E-state index in [1.54, 1.807) is 48.5 Å². The number of hydrogen-bond acceptors (Lipinski definition) is 4. The molecule has 4 heteroatoms. The van der Waals surface area contributed by atoms with Gasteiger partial charge in [-0.25, -0.2) is 4.79 Å². The standard InChI is InChI=1S/C22H29NO3/c1-4-5-16-23(3)17-18(2)26-21(24)22(25,19-12-8-6-9-13-19)20-14-10-7-11-15-20/h6-15,18,25H,4-5,16-17H2,1-3H3/t18-/m1/s1. The van der Waals surface area contributed by atoms with Crippen molar-refractivity contribution in [1.29, 1.82) is 0 Å². The van der Waals surface area contributed by atoms with Crippen LogP contribution >= 0.6 is 0 Å². The first-order chi connectivity index (χ1) is 12.5. The van der Waals surface area contributed by atoms with Gasteiger partial charge in [-0.1, -0.05) is 74.0 Å². The van der Waals surface area contributed by atoms with Gasteiger partial charge in [-0.3, -0.25) is 0 Å². The molecule has 0 unspecified atom stereocenters. The van der Waals surface area contributed by atoms with Gasteiger partial charge in [0.05, 0.1) is 0 Å². The van der Waals surface area contributed by atoms with Crippen LogP contribution in [0.2, 0.25) is 0 Å². The van der Waals surface area contributed by atoms with Crippen molar-refractivity contribution in [2.24, 2.45) is 0 Å². The number of carbonyl (C=O) groups is 1. The summed E-state index contributed by atoms with van der Waals surface area (Å²) in [5.74, 6) is -0.647. The van der Waals surface area contributed by atoms with Gasteiger partial charge in [-0.15, -0.1) is 0 Å². The van der Waals surface area contributed by atoms with Gasteiger partial charge in [0.2, 0.25) is 5.60 Å². The van der Waals surface area contributed by atoms with Crippen LogP contribution in [-0.2, 0) is 15.1 Å². The number of carbonyl (C=O) groups excluding carboxylic acids is 1. The molecule has 0 spiro atoms. The monoisotopic (exact) mass is 355 g/mol. The fourth-order valence-electron chi connectivity index (χ4n) is 3.02. The molecule has 2 aromatic carbocycles. The highest BCUT2D eigenvalue weighted by atomic mass is 16.6. The third-order valence-corrected chi connectivity index (χ3v) is 4.45. The average molecular weight is 355 g/mol. The fourth-order valence-corrected chi connectivity index (χ4v) is 3.02. The molecule has 0 saturated heterocycles. The van der Waals surface area contributed by atoms with Crippen LogP contribution in [-0.4, -0.2) is 42.2 Å². The Bertz CT molecular complexity index is 633. The first-order valence-corrected chi connectivity index (χ1v) is 9.21. The highest BCUT2D eigenvalue weighted by Crippen LogP contribution is 2.31. The molecule has 0 amide bonds. The van der Waals surface area contributed by atoms with Crippen molar-refractivity contribution < 1.29 is 14.6 Å². The molecule has 0 bridgehead atoms. The normalized spacial score (nSPS) is 12.8. The van der Waals surface area contributed by atoms with Crippen molar-refractivity contribution in [3.63, 3.8) is 0 Å². The van der Waals surface area contributed by atoms with Gasteiger partial charge in [-0.05, 0) is 38.1 Å². The minimum Gasteiger partial charge on any atom is -0.459 e. The lowest BCUT2D eigenvalue weighted by molar-refractivity contribution is -0.167. The second-order valence-electron chi connectivity index (χ2n) is 6.77. The van der Waals surface area contributed by atoms with Crippen LogP contribution in [0.25, 0.3) is 0 Å². The molecule has 2 aromatic rings. The first-order valence-electron chi connectivity index (χ1n) is 9.21. The minimum absolute atomic E-state index is 0.316. The minimum atomic E-state index is -1.82. The SMILES string of the molecule is CCCCN(C)C[C@@H](C)OC(=O)C(O)(c1ccccc1)c1ccccc1. The maximum atomic E-state index is 13.0. The maximum Gasteiger partial charge on any atom is 0.348 e. The maximum absolute atomic E-state index is 13.0. The Morgan fingerprint density at radius 1 is 1.08 bits per heavy atom. The molecule has 26 heavy (non-hydrogen) atoms. The molecule has 1 atom stereocenters. The first kappa shape index (κ1) is 20.1. The summed E-state index contributed by atoms with van der Waals surface area (Å²) in [5, 5.41) is 11.4. The van der Waals surface area contributed by atoms with E-state index in [2.05, 4.69) is 11.8 Å². The number of ether oxygens (including phenoxy) is 1. The van der Waals surface area contributed by atoms with E-state index in [-0.39, 0.29) is 6.10 Å². The van der Waals surface area contributed by atoms with Gasteiger partial charge in [0.25, 0.3) is 0 Å². The molecule has 1 N–H and O–H groups in total. The number of likely N-dealkylation sites (N-methyl/N-ethyl adjacent to an activating group) is 1. The zero-order chi connectivity index (χ0) is 19.0. The smallest absolute Gasteiger partial charge is 0.348 e. The van der Waals surface area contributed by atoms with Crippen molar-refractivity contribution in [3.8, 4) is 0 Å². The summed E-state index contributed by atoms with van der Waals surface area (Å²) in [5.41, 5.74) is -0.816. The Labute approximate surface area is 156 Å². The molecule has 2 rings (SSSR count). The number of nitrogens with zero attached hydrogens (tertiary/aromatic N) is 1. The summed E-state index contributed by atoms with van der Waals surface area (Å²) in [6, 6.07) is 17.9. The van der Waals surface area contributed by atoms with Crippen molar-refractivity contribution in [1.82, 2.24) is 4.90 Å². The third kappa shape index (κ3) is 4.93. The molecular formula is C22H29NO3. The van der Waals surface area contributed by atoms with Crippen molar-refractivity contribution in [2.75, 3.05) is 20.1 Å². The summed E-state index contributed by atoms with van der Waals surface area (Å²) in [6.45, 7) is 5.60. The van der Waals surface area contributed by atoms with Crippen molar-refractivity contribution in [2.45, 2.75) is 38.4 Å². The van der Waals surface area contributed by atoms with Crippen LogP contribution in [0, 0.1) is 0 Å². The van der Waals surface area contributed by atoms with Gasteiger partial charge in [0, 0.05) is 6.54 Å². The number of esters is 1. The van der Waals surface area contributed by atoms with E-state index in [0.717, 1.165) is 19.4 Å². The highest BCUT2D eigenvalue weighted by Gasteiger charge is 2.42. The summed E-state index contributed by atoms with van der Waals surface area (Å²) in [6.07, 6.45) is 1.92. The zero-order valence-corrected chi connectivity index (χ0v) is 15.9. The molecule has 0 saturated carbocycles. The summed E-state index contributed by atoms with van der Waals surface area (Å²) < 4.78 is 5.64. The fraction of sp³-hybridized carbons (Fsp3) is 0.409. The van der Waals surface area contributed by atoms with Crippen LogP contribution in [0.5, 0.6) is 0 Å². The van der Waals surface area contributed by atoms with Gasteiger partial charge in [0.1, 0.15) is 6.10 Å². The van der Waals surface area contributed by atoms with Crippen molar-refractivity contribution >= 4 is 5.97 Å². The summed E-state index contributed by atoms with van der Waals surface area (Å²) in [7, 11) is 2.01. The van der Waals surface area contributed by atoms with Gasteiger partial charge in [-0.2, -0.15) is 0 Å². The van der Waals surface area contributed by atoms with E-state index in [1.807, 2.05) is 26.1 Å². The predicted molar refractivity (Wildman–Crippen MR) is 104 cm³/mol. The molecule has 0 aliphatic carbocycles. The molecule has 0 fully saturated rings. The van der Waals surface area contributed by atoms with E-state index < -0.39 is 11.6 Å². The number of hydrogen-bond donors (Lipinski definition) is 1. The molecular weight excluding hydrogens is 326 g/mol. The van der Waals surface area contributed by atoms with E-state index in [9.17, 15) is 9.90 Å². The summed E-state index contributed by atoms with van der Waals surface area (Å²) in [4.78, 5) is 15.1. The lowest BCUT2D eigenvalue weighted by atomic mass is 9.86. The number of rotatable bonds is 9. The molecule has 4 nitrogen and oxygen atoms in total. The Morgan fingerprint density at radius 3 is 2.04 bits per heavy atom. The highest BCUT2D eigenvalue weighted by molar-refractivity contribution is 5.85. The molecule has 0 aliphatic heterocycles. The Kier molecular flexibility index (Phi) is 7.37. The second kappa shape index (κ2) is 9.51. The van der Waals surface area contributed by atoms with Crippen LogP contribution < -0.4 is 0 Å². The van der Waals surface area contributed by atoms with Crippen LogP contribution in [0.15, 0.2) is 60.7 Å². The Hall–Kier alpha value is -2.17. The lowest BCUT2D eigenvalue weighted by Gasteiger charge is -2.29. The third-order valence-electron chi connectivity index (χ3n) is 4.45. The van der Waals surface area contributed by atoms with E-state index >= 15 is 0 Å². The van der Waals surface area contributed by atoms with Crippen LogP contribution in [0.4, 0.5) is 0 Å². The second-order valence-corrected chi connectivity index (χ2v) is 6.77. The van der Waals surface area contributed by atoms with Gasteiger partial charge < -0.3 is 14.7 Å². The number of unbranched alkanes of at least 4 members (excludes halogenated alkanes) is 1. The van der Waals surface area contributed by atoms with Crippen LogP contribution in [0.3, 0.4) is 0 Å². The number of benzene rings is 2. The Balaban J connectivity index is 2.20. The molecule has 0 radical (unpaired) electrons. The van der Waals surface area contributed by atoms with E-state index in [4.69, 9.17) is 4.74 Å². The largest absolute Gasteiger partial charge is 0.459 e. The van der Waals surface area contributed by atoms with Gasteiger partial charge >= 0.3 is 5.97 Å². The van der Waals surface area contributed by atoms with E-state index in [0.29, 0.717) is 17.7 Å². The average Bonchev–Trinajstić information content (AvgIpc) is 2.66. The topological polar surface area (TPSA) is 49.8 Å². The Morgan fingerprint density at radius 2 is 1.58 bits per heavy atom. The van der Waals surface area contributed by atoms with Gasteiger partial charge in [0.15, 0.2) is 0 Å². The quantitative estimate of drug-likeness (QED) is 0.699. The molecule has 0 heterocycles. The van der Waals surface area contributed by atoms with E-state index in [1.165, 1.54) is 0 Å². The zero-order valence-electron chi connectivity index (χ0n) is 15.9. The van der Waals surface area contributed by atoms with Crippen molar-refractivity contribution in [3.05, 3.63) is 71.8 Å². The lowest BCUT2D eigenvalue weighted by Crippen LogP contribution is -2.42. The molecule has 0 aliphatic rings. The number of aliphatic hydroxyl groups is 1.